The van der Waals surface area contributed by atoms with Gasteiger partial charge >= 0.3 is 0 Å². The number of halogens is 1. The largest absolute Gasteiger partial charge is 0.282 e. The number of hydrogen-bond donors (Lipinski definition) is 0. The van der Waals surface area contributed by atoms with Crippen LogP contribution in [0.1, 0.15) is 25.7 Å². The first-order chi connectivity index (χ1) is 8.57. The number of rotatable bonds is 4. The molecule has 0 aliphatic carbocycles. The van der Waals surface area contributed by atoms with E-state index in [9.17, 15) is 8.42 Å². The van der Waals surface area contributed by atoms with E-state index in [0.717, 1.165) is 37.2 Å². The van der Waals surface area contributed by atoms with Gasteiger partial charge in [-0.15, -0.1) is 11.6 Å². The first kappa shape index (κ1) is 14.9. The second-order valence-corrected chi connectivity index (χ2v) is 8.36. The number of nitrogens with zero attached hydrogens (tertiary/aromatic N) is 2. The van der Waals surface area contributed by atoms with Crippen LogP contribution in [0, 0.1) is 0 Å². The Kier molecular flexibility index (Phi) is 5.22. The minimum atomic E-state index is -3.34. The van der Waals surface area contributed by atoms with Crippen molar-refractivity contribution >= 4 is 33.6 Å². The fourth-order valence-corrected chi connectivity index (χ4v) is 6.16. The van der Waals surface area contributed by atoms with Gasteiger partial charge in [-0.2, -0.15) is 28.8 Å². The van der Waals surface area contributed by atoms with E-state index >= 15 is 0 Å². The minimum absolute atomic E-state index is 0.0260. The molecule has 2 rings (SSSR count). The number of hydrogen-bond acceptors (Lipinski definition) is 3. The maximum Gasteiger partial charge on any atom is 0.282 e. The smallest absolute Gasteiger partial charge is 0.195 e. The van der Waals surface area contributed by atoms with Crippen molar-refractivity contribution in [3.05, 3.63) is 0 Å². The molecule has 2 heterocycles. The summed E-state index contributed by atoms with van der Waals surface area (Å²) in [5.74, 6) is 2.37. The Morgan fingerprint density at radius 3 is 2.78 bits per heavy atom. The van der Waals surface area contributed by atoms with Gasteiger partial charge in [0.15, 0.2) is 0 Å². The first-order valence-corrected chi connectivity index (χ1v) is 9.54. The third-order valence-electron chi connectivity index (χ3n) is 3.83. The van der Waals surface area contributed by atoms with Crippen LogP contribution in [-0.4, -0.2) is 60.1 Å². The fourth-order valence-electron chi connectivity index (χ4n) is 2.59. The molecule has 0 aromatic carbocycles. The highest BCUT2D eigenvalue weighted by Crippen LogP contribution is 2.28. The van der Waals surface area contributed by atoms with Gasteiger partial charge in [0.05, 0.1) is 0 Å². The van der Waals surface area contributed by atoms with Crippen molar-refractivity contribution in [3.63, 3.8) is 0 Å². The van der Waals surface area contributed by atoms with Crippen LogP contribution >= 0.6 is 23.4 Å². The van der Waals surface area contributed by atoms with E-state index in [1.807, 2.05) is 11.8 Å². The molecule has 0 spiro atoms. The predicted octanol–water partition coefficient (Wildman–Crippen LogP) is 1.76. The molecule has 18 heavy (non-hydrogen) atoms. The van der Waals surface area contributed by atoms with E-state index in [4.69, 9.17) is 11.6 Å². The summed E-state index contributed by atoms with van der Waals surface area (Å²) in [6.45, 7) is 0.615. The van der Waals surface area contributed by atoms with Crippen LogP contribution in [0.4, 0.5) is 0 Å². The Labute approximate surface area is 119 Å². The van der Waals surface area contributed by atoms with E-state index in [1.54, 1.807) is 15.7 Å². The Hall–Kier alpha value is 0.510. The van der Waals surface area contributed by atoms with Gasteiger partial charge in [-0.3, -0.25) is 0 Å². The van der Waals surface area contributed by atoms with Gasteiger partial charge in [-0.25, -0.2) is 0 Å². The molecule has 2 atom stereocenters. The van der Waals surface area contributed by atoms with Crippen molar-refractivity contribution in [2.45, 2.75) is 37.8 Å². The lowest BCUT2D eigenvalue weighted by Gasteiger charge is -2.37. The standard InChI is InChI=1S/C11H21ClN2O2S2/c1-13(11-5-7-17-9-11)18(15,16)14-6-3-2-4-10(14)8-12/h10-11H,2-9H2,1H3. The molecule has 2 aliphatic heterocycles. The topological polar surface area (TPSA) is 40.6 Å². The molecule has 106 valence electrons. The molecule has 0 radical (unpaired) electrons. The average molecular weight is 313 g/mol. The van der Waals surface area contributed by atoms with Crippen LogP contribution in [0.2, 0.25) is 0 Å². The summed E-state index contributed by atoms with van der Waals surface area (Å²) in [4.78, 5) is 0. The number of piperidine rings is 1. The monoisotopic (exact) mass is 312 g/mol. The summed E-state index contributed by atoms with van der Waals surface area (Å²) in [6, 6.07) is 0.125. The van der Waals surface area contributed by atoms with Crippen molar-refractivity contribution < 1.29 is 8.42 Å². The van der Waals surface area contributed by atoms with Crippen LogP contribution in [0.15, 0.2) is 0 Å². The lowest BCUT2D eigenvalue weighted by molar-refractivity contribution is 0.244. The molecule has 2 aliphatic rings. The molecule has 2 fully saturated rings. The molecule has 0 bridgehead atoms. The third kappa shape index (κ3) is 2.98. The minimum Gasteiger partial charge on any atom is -0.195 e. The molecule has 4 nitrogen and oxygen atoms in total. The van der Waals surface area contributed by atoms with E-state index < -0.39 is 10.2 Å². The molecule has 2 saturated heterocycles. The Morgan fingerprint density at radius 1 is 1.39 bits per heavy atom. The van der Waals surface area contributed by atoms with Crippen molar-refractivity contribution in [1.29, 1.82) is 0 Å². The van der Waals surface area contributed by atoms with E-state index in [1.165, 1.54) is 0 Å². The van der Waals surface area contributed by atoms with E-state index in [-0.39, 0.29) is 12.1 Å². The average Bonchev–Trinajstić information content (AvgIpc) is 2.91. The maximum atomic E-state index is 12.6. The SMILES string of the molecule is CN(C1CCSC1)S(=O)(=O)N1CCCCC1CCl. The highest BCUT2D eigenvalue weighted by molar-refractivity contribution is 7.99. The van der Waals surface area contributed by atoms with Crippen molar-refractivity contribution in [2.24, 2.45) is 0 Å². The Bertz CT molecular complexity index is 371. The summed E-state index contributed by atoms with van der Waals surface area (Å²) in [5, 5.41) is 0. The lowest BCUT2D eigenvalue weighted by Crippen LogP contribution is -2.52. The van der Waals surface area contributed by atoms with Crippen LogP contribution in [-0.2, 0) is 10.2 Å². The highest BCUT2D eigenvalue weighted by Gasteiger charge is 2.38. The molecule has 0 aromatic heterocycles. The molecule has 0 saturated carbocycles. The van der Waals surface area contributed by atoms with Crippen molar-refractivity contribution in [1.82, 2.24) is 8.61 Å². The zero-order chi connectivity index (χ0) is 13.2. The van der Waals surface area contributed by atoms with Crippen molar-refractivity contribution in [3.8, 4) is 0 Å². The summed E-state index contributed by atoms with van der Waals surface area (Å²) < 4.78 is 28.4. The number of thioether (sulfide) groups is 1. The normalized spacial score (nSPS) is 31.1. The van der Waals surface area contributed by atoms with Gasteiger partial charge in [0, 0.05) is 37.3 Å². The molecule has 7 heteroatoms. The van der Waals surface area contributed by atoms with Gasteiger partial charge < -0.3 is 0 Å². The first-order valence-electron chi connectivity index (χ1n) is 6.46. The quantitative estimate of drug-likeness (QED) is 0.743. The van der Waals surface area contributed by atoms with Crippen molar-refractivity contribution in [2.75, 3.05) is 31.0 Å². The van der Waals surface area contributed by atoms with Crippen LogP contribution in [0.3, 0.4) is 0 Å². The molecule has 2 unspecified atom stereocenters. The molecule has 0 aromatic rings. The second-order valence-electron chi connectivity index (χ2n) is 4.96. The molecule has 0 N–H and O–H groups in total. The maximum absolute atomic E-state index is 12.6. The van der Waals surface area contributed by atoms with Crippen LogP contribution in [0.5, 0.6) is 0 Å². The zero-order valence-corrected chi connectivity index (χ0v) is 13.1. The Morgan fingerprint density at radius 2 is 2.17 bits per heavy atom. The van der Waals surface area contributed by atoms with Gasteiger partial charge in [0.25, 0.3) is 10.2 Å². The highest BCUT2D eigenvalue weighted by atomic mass is 35.5. The number of alkyl halides is 1. The summed E-state index contributed by atoms with van der Waals surface area (Å²) >= 11 is 7.75. The van der Waals surface area contributed by atoms with Gasteiger partial charge in [-0.05, 0) is 25.0 Å². The van der Waals surface area contributed by atoms with E-state index in [0.29, 0.717) is 12.4 Å². The molecular formula is C11H21ClN2O2S2. The van der Waals surface area contributed by atoms with Crippen LogP contribution in [0.25, 0.3) is 0 Å². The summed E-state index contributed by atoms with van der Waals surface area (Å²) in [6.07, 6.45) is 3.86. The van der Waals surface area contributed by atoms with Gasteiger partial charge in [-0.1, -0.05) is 6.42 Å². The Balaban J connectivity index is 2.12. The second kappa shape index (κ2) is 6.31. The third-order valence-corrected chi connectivity index (χ3v) is 7.43. The molecular weight excluding hydrogens is 292 g/mol. The lowest BCUT2D eigenvalue weighted by atomic mass is 10.1. The zero-order valence-electron chi connectivity index (χ0n) is 10.7. The molecule has 0 amide bonds. The van der Waals surface area contributed by atoms with Gasteiger partial charge in [0.1, 0.15) is 0 Å². The fraction of sp³-hybridized carbons (Fsp3) is 1.00. The predicted molar refractivity (Wildman–Crippen MR) is 77.5 cm³/mol. The van der Waals surface area contributed by atoms with Crippen LogP contribution < -0.4 is 0 Å². The van der Waals surface area contributed by atoms with Gasteiger partial charge in [0.2, 0.25) is 0 Å². The van der Waals surface area contributed by atoms with E-state index in [2.05, 4.69) is 0 Å². The summed E-state index contributed by atoms with van der Waals surface area (Å²) in [7, 11) is -1.62. The summed E-state index contributed by atoms with van der Waals surface area (Å²) in [5.41, 5.74) is 0.